The Hall–Kier alpha value is -1.38. The molecule has 14 heavy (non-hydrogen) atoms. The van der Waals surface area contributed by atoms with Crippen molar-refractivity contribution >= 4 is 0 Å². The van der Waals surface area contributed by atoms with E-state index in [-0.39, 0.29) is 5.41 Å². The third-order valence-electron chi connectivity index (χ3n) is 2.08. The molecule has 0 fully saturated rings. The first kappa shape index (κ1) is 10.7. The third kappa shape index (κ3) is 2.10. The zero-order valence-electron chi connectivity index (χ0n) is 9.28. The van der Waals surface area contributed by atoms with Crippen LogP contribution in [0.2, 0.25) is 0 Å². The average molecular weight is 191 g/mol. The Balaban J connectivity index is 3.43. The Labute approximate surface area is 84.8 Å². The van der Waals surface area contributed by atoms with E-state index >= 15 is 0 Å². The van der Waals surface area contributed by atoms with Crippen LogP contribution in [0.1, 0.15) is 26.5 Å². The van der Waals surface area contributed by atoms with Crippen LogP contribution in [0.15, 0.2) is 30.2 Å². The molecule has 3 nitrogen and oxygen atoms in total. The minimum atomic E-state index is 0.0778. The molecule has 0 saturated heterocycles. The molecule has 0 unspecified atom stereocenters. The normalized spacial score (nSPS) is 13.0. The SMILES string of the molecule is C=CN=c1cncc(C(C)(C)C)n1C. The van der Waals surface area contributed by atoms with Gasteiger partial charge in [0, 0.05) is 30.6 Å². The van der Waals surface area contributed by atoms with Crippen molar-refractivity contribution in [3.63, 3.8) is 0 Å². The molecule has 0 aliphatic carbocycles. The van der Waals surface area contributed by atoms with Crippen LogP contribution >= 0.6 is 0 Å². The van der Waals surface area contributed by atoms with Crippen LogP contribution in [-0.4, -0.2) is 9.55 Å². The molecule has 1 aromatic rings. The van der Waals surface area contributed by atoms with Gasteiger partial charge in [0.25, 0.3) is 0 Å². The largest absolute Gasteiger partial charge is 0.330 e. The molecule has 0 aromatic carbocycles. The Morgan fingerprint density at radius 2 is 2.07 bits per heavy atom. The van der Waals surface area contributed by atoms with Gasteiger partial charge in [0.2, 0.25) is 0 Å². The predicted octanol–water partition coefficient (Wildman–Crippen LogP) is 1.76. The quantitative estimate of drug-likeness (QED) is 0.665. The van der Waals surface area contributed by atoms with Crippen molar-refractivity contribution in [3.05, 3.63) is 36.4 Å². The van der Waals surface area contributed by atoms with Gasteiger partial charge in [0.1, 0.15) is 0 Å². The van der Waals surface area contributed by atoms with Gasteiger partial charge in [0.05, 0.1) is 6.20 Å². The topological polar surface area (TPSA) is 30.2 Å². The van der Waals surface area contributed by atoms with E-state index in [1.807, 2.05) is 17.8 Å². The number of hydrogen-bond acceptors (Lipinski definition) is 2. The van der Waals surface area contributed by atoms with Crippen LogP contribution in [0.3, 0.4) is 0 Å². The summed E-state index contributed by atoms with van der Waals surface area (Å²) in [5, 5.41) is 0. The molecular formula is C11H17N3. The highest BCUT2D eigenvalue weighted by Crippen LogP contribution is 2.18. The number of aromatic nitrogens is 2. The average Bonchev–Trinajstić information content (AvgIpc) is 2.07. The van der Waals surface area contributed by atoms with E-state index in [2.05, 4.69) is 37.3 Å². The highest BCUT2D eigenvalue weighted by Gasteiger charge is 2.16. The Bertz CT molecular complexity index is 394. The predicted molar refractivity (Wildman–Crippen MR) is 57.7 cm³/mol. The van der Waals surface area contributed by atoms with Crippen molar-refractivity contribution in [2.24, 2.45) is 12.0 Å². The molecule has 0 radical (unpaired) electrons. The van der Waals surface area contributed by atoms with Crippen molar-refractivity contribution in [1.29, 1.82) is 0 Å². The molecule has 1 aromatic heterocycles. The fourth-order valence-electron chi connectivity index (χ4n) is 1.38. The molecule has 0 spiro atoms. The van der Waals surface area contributed by atoms with Gasteiger partial charge in [-0.3, -0.25) is 4.98 Å². The van der Waals surface area contributed by atoms with Gasteiger partial charge in [-0.15, -0.1) is 0 Å². The molecule has 1 rings (SSSR count). The first-order valence-electron chi connectivity index (χ1n) is 4.63. The first-order chi connectivity index (χ1) is 6.46. The maximum Gasteiger partial charge on any atom is 0.150 e. The van der Waals surface area contributed by atoms with Crippen LogP contribution < -0.4 is 5.49 Å². The lowest BCUT2D eigenvalue weighted by Crippen LogP contribution is -2.28. The monoisotopic (exact) mass is 191 g/mol. The maximum absolute atomic E-state index is 4.17. The summed E-state index contributed by atoms with van der Waals surface area (Å²) in [6.07, 6.45) is 5.14. The smallest absolute Gasteiger partial charge is 0.150 e. The number of hydrogen-bond donors (Lipinski definition) is 0. The second-order valence-electron chi connectivity index (χ2n) is 4.27. The summed E-state index contributed by atoms with van der Waals surface area (Å²) in [6.45, 7) is 10.0. The van der Waals surface area contributed by atoms with E-state index in [9.17, 15) is 0 Å². The van der Waals surface area contributed by atoms with Crippen LogP contribution in [-0.2, 0) is 12.5 Å². The summed E-state index contributed by atoms with van der Waals surface area (Å²) in [6, 6.07) is 0. The second-order valence-corrected chi connectivity index (χ2v) is 4.27. The van der Waals surface area contributed by atoms with Gasteiger partial charge >= 0.3 is 0 Å². The number of nitrogens with zero attached hydrogens (tertiary/aromatic N) is 3. The molecule has 3 heteroatoms. The minimum absolute atomic E-state index is 0.0778. The van der Waals surface area contributed by atoms with Crippen LogP contribution in [0.4, 0.5) is 0 Å². The van der Waals surface area contributed by atoms with E-state index in [1.54, 1.807) is 6.20 Å². The zero-order valence-corrected chi connectivity index (χ0v) is 9.28. The molecular weight excluding hydrogens is 174 g/mol. The Morgan fingerprint density at radius 3 is 2.57 bits per heavy atom. The summed E-state index contributed by atoms with van der Waals surface area (Å²) < 4.78 is 2.04. The van der Waals surface area contributed by atoms with Crippen molar-refractivity contribution in [1.82, 2.24) is 9.55 Å². The molecule has 0 aliphatic rings. The maximum atomic E-state index is 4.17. The minimum Gasteiger partial charge on any atom is -0.330 e. The van der Waals surface area contributed by atoms with Gasteiger partial charge in [-0.2, -0.15) is 0 Å². The fraction of sp³-hybridized carbons (Fsp3) is 0.455. The van der Waals surface area contributed by atoms with Crippen LogP contribution in [0.25, 0.3) is 0 Å². The molecule has 0 bridgehead atoms. The van der Waals surface area contributed by atoms with Gasteiger partial charge < -0.3 is 4.57 Å². The van der Waals surface area contributed by atoms with E-state index in [1.165, 1.54) is 6.20 Å². The molecule has 0 amide bonds. The molecule has 1 heterocycles. The van der Waals surface area contributed by atoms with E-state index in [4.69, 9.17) is 0 Å². The van der Waals surface area contributed by atoms with E-state index < -0.39 is 0 Å². The Kier molecular flexibility index (Phi) is 2.89. The standard InChI is InChI=1S/C11H17N3/c1-6-13-10-8-12-7-9(14(10)5)11(2,3)4/h6-8H,1H2,2-5H3. The lowest BCUT2D eigenvalue weighted by Gasteiger charge is -2.21. The molecule has 0 saturated carbocycles. The summed E-state index contributed by atoms with van der Waals surface area (Å²) in [4.78, 5) is 8.31. The highest BCUT2D eigenvalue weighted by molar-refractivity contribution is 5.09. The lowest BCUT2D eigenvalue weighted by atomic mass is 9.92. The number of rotatable bonds is 1. The molecule has 0 atom stereocenters. The van der Waals surface area contributed by atoms with Crippen LogP contribution in [0, 0.1) is 0 Å². The Morgan fingerprint density at radius 1 is 1.43 bits per heavy atom. The highest BCUT2D eigenvalue weighted by atomic mass is 15.0. The van der Waals surface area contributed by atoms with Gasteiger partial charge in [-0.1, -0.05) is 27.4 Å². The van der Waals surface area contributed by atoms with Gasteiger partial charge in [-0.05, 0) is 0 Å². The lowest BCUT2D eigenvalue weighted by molar-refractivity contribution is 0.523. The summed E-state index contributed by atoms with van der Waals surface area (Å²) in [5.74, 6) is 0. The summed E-state index contributed by atoms with van der Waals surface area (Å²) in [7, 11) is 1.99. The second kappa shape index (κ2) is 3.78. The van der Waals surface area contributed by atoms with Crippen molar-refractivity contribution in [3.8, 4) is 0 Å². The first-order valence-corrected chi connectivity index (χ1v) is 4.63. The summed E-state index contributed by atoms with van der Waals surface area (Å²) in [5.41, 5.74) is 2.06. The van der Waals surface area contributed by atoms with Crippen molar-refractivity contribution in [2.75, 3.05) is 0 Å². The van der Waals surface area contributed by atoms with E-state index in [0.717, 1.165) is 11.2 Å². The molecule has 0 aliphatic heterocycles. The molecule has 0 N–H and O–H groups in total. The van der Waals surface area contributed by atoms with Gasteiger partial charge in [0.15, 0.2) is 5.49 Å². The van der Waals surface area contributed by atoms with Crippen molar-refractivity contribution in [2.45, 2.75) is 26.2 Å². The van der Waals surface area contributed by atoms with Crippen LogP contribution in [0.5, 0.6) is 0 Å². The third-order valence-corrected chi connectivity index (χ3v) is 2.08. The fourth-order valence-corrected chi connectivity index (χ4v) is 1.38. The van der Waals surface area contributed by atoms with E-state index in [0.29, 0.717) is 0 Å². The summed E-state index contributed by atoms with van der Waals surface area (Å²) >= 11 is 0. The van der Waals surface area contributed by atoms with Gasteiger partial charge in [-0.25, -0.2) is 4.99 Å². The zero-order chi connectivity index (χ0) is 10.8. The molecule has 76 valence electrons. The van der Waals surface area contributed by atoms with Crippen molar-refractivity contribution < 1.29 is 0 Å².